The van der Waals surface area contributed by atoms with Crippen LogP contribution in [0.3, 0.4) is 0 Å². The monoisotopic (exact) mass is 290 g/mol. The topological polar surface area (TPSA) is 78.7 Å². The summed E-state index contributed by atoms with van der Waals surface area (Å²) in [4.78, 5) is 27.9. The molecule has 0 aliphatic carbocycles. The van der Waals surface area contributed by atoms with E-state index < -0.39 is 0 Å². The van der Waals surface area contributed by atoms with Crippen molar-refractivity contribution in [1.29, 1.82) is 0 Å². The number of nitrogens with zero attached hydrogens (tertiary/aromatic N) is 2. The fraction of sp³-hybridized carbons (Fsp3) is 0.467. The summed E-state index contributed by atoms with van der Waals surface area (Å²) < 4.78 is 0. The van der Waals surface area contributed by atoms with Gasteiger partial charge in [0.1, 0.15) is 0 Å². The number of likely N-dealkylation sites (tertiary alicyclic amines) is 1. The third-order valence-corrected chi connectivity index (χ3v) is 3.62. The van der Waals surface area contributed by atoms with E-state index in [0.29, 0.717) is 24.5 Å². The Bertz CT molecular complexity index is 530. The van der Waals surface area contributed by atoms with Gasteiger partial charge in [-0.25, -0.2) is 0 Å². The zero-order valence-electron chi connectivity index (χ0n) is 12.5. The van der Waals surface area contributed by atoms with Crippen LogP contribution in [-0.4, -0.2) is 55.3 Å². The predicted octanol–water partition coefficient (Wildman–Crippen LogP) is 0.617. The van der Waals surface area contributed by atoms with Crippen LogP contribution >= 0.6 is 0 Å². The molecule has 6 heteroatoms. The molecule has 3 N–H and O–H groups in total. The molecular formula is C15H22N4O2. The minimum atomic E-state index is -0.306. The molecule has 0 bridgehead atoms. The van der Waals surface area contributed by atoms with Crippen molar-refractivity contribution in [3.05, 3.63) is 24.3 Å². The van der Waals surface area contributed by atoms with Crippen LogP contribution in [0.5, 0.6) is 0 Å². The molecule has 1 fully saturated rings. The summed E-state index contributed by atoms with van der Waals surface area (Å²) >= 11 is 0. The minimum Gasteiger partial charge on any atom is -0.397 e. The maximum absolute atomic E-state index is 12.2. The Morgan fingerprint density at radius 1 is 1.43 bits per heavy atom. The summed E-state index contributed by atoms with van der Waals surface area (Å²) in [6.45, 7) is 1.93. The van der Waals surface area contributed by atoms with E-state index in [-0.39, 0.29) is 24.2 Å². The van der Waals surface area contributed by atoms with Crippen LogP contribution in [0.25, 0.3) is 0 Å². The lowest BCUT2D eigenvalue weighted by molar-refractivity contribution is -0.128. The number of benzene rings is 1. The Balaban J connectivity index is 1.92. The molecule has 1 heterocycles. The van der Waals surface area contributed by atoms with Gasteiger partial charge in [-0.2, -0.15) is 0 Å². The van der Waals surface area contributed by atoms with Crippen molar-refractivity contribution in [3.63, 3.8) is 0 Å². The van der Waals surface area contributed by atoms with Gasteiger partial charge < -0.3 is 20.9 Å². The SMILES string of the molecule is CN(C)CCN1CC(C(=O)Nc2ccccc2N)CC1=O. The number of anilines is 2. The van der Waals surface area contributed by atoms with Crippen LogP contribution in [0.4, 0.5) is 11.4 Å². The second-order valence-electron chi connectivity index (χ2n) is 5.62. The van der Waals surface area contributed by atoms with E-state index in [1.54, 1.807) is 17.0 Å². The molecule has 114 valence electrons. The Morgan fingerprint density at radius 2 is 2.14 bits per heavy atom. The molecular weight excluding hydrogens is 268 g/mol. The molecule has 1 aromatic rings. The molecule has 0 saturated carbocycles. The molecule has 1 aromatic carbocycles. The summed E-state index contributed by atoms with van der Waals surface area (Å²) in [5.41, 5.74) is 6.93. The molecule has 0 aromatic heterocycles. The van der Waals surface area contributed by atoms with Crippen LogP contribution in [-0.2, 0) is 9.59 Å². The van der Waals surface area contributed by atoms with Crippen LogP contribution < -0.4 is 11.1 Å². The second kappa shape index (κ2) is 6.58. The molecule has 1 atom stereocenters. The van der Waals surface area contributed by atoms with E-state index >= 15 is 0 Å². The first-order valence-electron chi connectivity index (χ1n) is 7.05. The number of rotatable bonds is 5. The smallest absolute Gasteiger partial charge is 0.229 e. The van der Waals surface area contributed by atoms with Gasteiger partial charge in [0.15, 0.2) is 0 Å². The Labute approximate surface area is 124 Å². The third-order valence-electron chi connectivity index (χ3n) is 3.62. The maximum Gasteiger partial charge on any atom is 0.229 e. The lowest BCUT2D eigenvalue weighted by Crippen LogP contribution is -2.34. The van der Waals surface area contributed by atoms with Crippen molar-refractivity contribution < 1.29 is 9.59 Å². The molecule has 1 aliphatic rings. The largest absolute Gasteiger partial charge is 0.397 e. The quantitative estimate of drug-likeness (QED) is 0.779. The molecule has 2 rings (SSSR count). The van der Waals surface area contributed by atoms with Gasteiger partial charge in [-0.1, -0.05) is 12.1 Å². The number of carbonyl (C=O) groups excluding carboxylic acids is 2. The summed E-state index contributed by atoms with van der Waals surface area (Å²) in [5.74, 6) is -0.411. The van der Waals surface area contributed by atoms with Crippen molar-refractivity contribution in [1.82, 2.24) is 9.80 Å². The van der Waals surface area contributed by atoms with Gasteiger partial charge >= 0.3 is 0 Å². The van der Waals surface area contributed by atoms with Crippen LogP contribution in [0.2, 0.25) is 0 Å². The average Bonchev–Trinajstić information content (AvgIpc) is 2.80. The lowest BCUT2D eigenvalue weighted by atomic mass is 10.1. The highest BCUT2D eigenvalue weighted by Crippen LogP contribution is 2.22. The first kappa shape index (κ1) is 15.3. The van der Waals surface area contributed by atoms with E-state index in [0.717, 1.165) is 6.54 Å². The summed E-state index contributed by atoms with van der Waals surface area (Å²) in [6.07, 6.45) is 0.270. The van der Waals surface area contributed by atoms with Crippen LogP contribution in [0, 0.1) is 5.92 Å². The molecule has 1 unspecified atom stereocenters. The first-order chi connectivity index (χ1) is 9.97. The molecule has 0 spiro atoms. The Hall–Kier alpha value is -2.08. The molecule has 1 saturated heterocycles. The van der Waals surface area contributed by atoms with E-state index in [1.807, 2.05) is 31.1 Å². The maximum atomic E-state index is 12.2. The Kier molecular flexibility index (Phi) is 4.80. The molecule has 21 heavy (non-hydrogen) atoms. The zero-order chi connectivity index (χ0) is 15.4. The number of likely N-dealkylation sites (N-methyl/N-ethyl adjacent to an activating group) is 1. The number of nitrogens with two attached hydrogens (primary N) is 1. The third kappa shape index (κ3) is 3.95. The minimum absolute atomic E-state index is 0.0398. The number of amides is 2. The van der Waals surface area contributed by atoms with E-state index in [1.165, 1.54) is 0 Å². The van der Waals surface area contributed by atoms with Gasteiger partial charge in [0.2, 0.25) is 11.8 Å². The number of hydrogen-bond acceptors (Lipinski definition) is 4. The normalized spacial score (nSPS) is 18.3. The van der Waals surface area contributed by atoms with E-state index in [4.69, 9.17) is 5.73 Å². The molecule has 6 nitrogen and oxygen atoms in total. The molecule has 0 radical (unpaired) electrons. The van der Waals surface area contributed by atoms with Gasteiger partial charge in [0.25, 0.3) is 0 Å². The van der Waals surface area contributed by atoms with Crippen molar-refractivity contribution in [3.8, 4) is 0 Å². The van der Waals surface area contributed by atoms with Crippen molar-refractivity contribution in [2.45, 2.75) is 6.42 Å². The number of nitrogen functional groups attached to an aromatic ring is 1. The van der Waals surface area contributed by atoms with Crippen molar-refractivity contribution >= 4 is 23.2 Å². The fourth-order valence-electron chi connectivity index (χ4n) is 2.33. The first-order valence-corrected chi connectivity index (χ1v) is 7.05. The standard InChI is InChI=1S/C15H22N4O2/c1-18(2)7-8-19-10-11(9-14(19)20)15(21)17-13-6-4-3-5-12(13)16/h3-6,11H,7-10,16H2,1-2H3,(H,17,21). The van der Waals surface area contributed by atoms with Crippen molar-refractivity contribution in [2.24, 2.45) is 5.92 Å². The van der Waals surface area contributed by atoms with Crippen LogP contribution in [0.1, 0.15) is 6.42 Å². The van der Waals surface area contributed by atoms with E-state index in [2.05, 4.69) is 5.32 Å². The van der Waals surface area contributed by atoms with Gasteiger partial charge in [-0.3, -0.25) is 9.59 Å². The van der Waals surface area contributed by atoms with Crippen LogP contribution in [0.15, 0.2) is 24.3 Å². The highest BCUT2D eigenvalue weighted by atomic mass is 16.2. The zero-order valence-corrected chi connectivity index (χ0v) is 12.5. The predicted molar refractivity (Wildman–Crippen MR) is 82.7 cm³/mol. The molecule has 2 amide bonds. The van der Waals surface area contributed by atoms with Gasteiger partial charge in [-0.15, -0.1) is 0 Å². The summed E-state index contributed by atoms with van der Waals surface area (Å²) in [6, 6.07) is 7.12. The number of carbonyl (C=O) groups is 2. The van der Waals surface area contributed by atoms with Gasteiger partial charge in [0, 0.05) is 26.1 Å². The van der Waals surface area contributed by atoms with Gasteiger partial charge in [0.05, 0.1) is 17.3 Å². The average molecular weight is 290 g/mol. The highest BCUT2D eigenvalue weighted by Gasteiger charge is 2.34. The van der Waals surface area contributed by atoms with Crippen molar-refractivity contribution in [2.75, 3.05) is 44.8 Å². The van der Waals surface area contributed by atoms with E-state index in [9.17, 15) is 9.59 Å². The van der Waals surface area contributed by atoms with Gasteiger partial charge in [-0.05, 0) is 26.2 Å². The number of hydrogen-bond donors (Lipinski definition) is 2. The summed E-state index contributed by atoms with van der Waals surface area (Å²) in [7, 11) is 3.92. The second-order valence-corrected chi connectivity index (χ2v) is 5.62. The Morgan fingerprint density at radius 3 is 2.81 bits per heavy atom. The number of nitrogens with one attached hydrogen (secondary N) is 1. The summed E-state index contributed by atoms with van der Waals surface area (Å²) in [5, 5.41) is 2.80. The fourth-order valence-corrected chi connectivity index (χ4v) is 2.33. The molecule has 1 aliphatic heterocycles. The number of para-hydroxylation sites is 2. The highest BCUT2D eigenvalue weighted by molar-refractivity contribution is 5.98. The lowest BCUT2D eigenvalue weighted by Gasteiger charge is -2.19.